The number of fused-ring (bicyclic) bond motifs is 1. The van der Waals surface area contributed by atoms with Crippen LogP contribution in [0.4, 0.5) is 9.80 Å². The van der Waals surface area contributed by atoms with Crippen LogP contribution in [-0.4, -0.2) is 49.3 Å². The lowest BCUT2D eigenvalue weighted by Crippen LogP contribution is -2.35. The number of benzene rings is 1. The van der Waals surface area contributed by atoms with Gasteiger partial charge in [-0.05, 0) is 31.0 Å². The molecule has 0 saturated carbocycles. The van der Waals surface area contributed by atoms with Crippen molar-refractivity contribution in [1.82, 2.24) is 10.2 Å². The first kappa shape index (κ1) is 20.5. The molecular formula is C20H21N3O5S. The van der Waals surface area contributed by atoms with Crippen LogP contribution in [0.3, 0.4) is 0 Å². The molecule has 29 heavy (non-hydrogen) atoms. The number of Topliss-reactive ketones (excluding diaryl/α,β-unsaturated/α-hetero) is 1. The van der Waals surface area contributed by atoms with Crippen LogP contribution < -0.4 is 10.6 Å². The van der Waals surface area contributed by atoms with Crippen molar-refractivity contribution < 1.29 is 23.9 Å². The lowest BCUT2D eigenvalue weighted by atomic mass is 10.0. The van der Waals surface area contributed by atoms with Crippen LogP contribution in [0.25, 0.3) is 0 Å². The predicted octanol–water partition coefficient (Wildman–Crippen LogP) is 2.69. The van der Waals surface area contributed by atoms with Gasteiger partial charge in [0.1, 0.15) is 5.00 Å². The smallest absolute Gasteiger partial charge is 0.409 e. The minimum absolute atomic E-state index is 0.0834. The molecule has 0 saturated heterocycles. The first-order valence-corrected chi connectivity index (χ1v) is 9.79. The van der Waals surface area contributed by atoms with Gasteiger partial charge >= 0.3 is 6.09 Å². The average Bonchev–Trinajstić information content (AvgIpc) is 3.09. The maximum Gasteiger partial charge on any atom is 0.409 e. The highest BCUT2D eigenvalue weighted by molar-refractivity contribution is 7.17. The number of carbonyl (C=O) groups excluding carboxylic acids is 4. The Morgan fingerprint density at radius 2 is 1.72 bits per heavy atom. The summed E-state index contributed by atoms with van der Waals surface area (Å²) in [6.45, 7) is 2.21. The second-order valence-corrected chi connectivity index (χ2v) is 7.62. The maximum absolute atomic E-state index is 12.7. The van der Waals surface area contributed by atoms with Crippen molar-refractivity contribution in [2.75, 3.05) is 26.0 Å². The zero-order valence-electron chi connectivity index (χ0n) is 16.3. The largest absolute Gasteiger partial charge is 0.453 e. The third kappa shape index (κ3) is 4.14. The monoisotopic (exact) mass is 415 g/mol. The summed E-state index contributed by atoms with van der Waals surface area (Å²) < 4.78 is 4.78. The van der Waals surface area contributed by atoms with Crippen molar-refractivity contribution in [3.63, 3.8) is 0 Å². The Bertz CT molecular complexity index is 981. The van der Waals surface area contributed by atoms with Gasteiger partial charge < -0.3 is 20.3 Å². The number of thiophene rings is 1. The lowest BCUT2D eigenvalue weighted by Gasteiger charge is -2.25. The summed E-state index contributed by atoms with van der Waals surface area (Å²) in [5.41, 5.74) is 2.14. The van der Waals surface area contributed by atoms with Crippen LogP contribution in [0.1, 0.15) is 48.4 Å². The molecule has 0 bridgehead atoms. The average molecular weight is 415 g/mol. The number of carbonyl (C=O) groups is 4. The quantitative estimate of drug-likeness (QED) is 0.747. The molecule has 0 unspecified atom stereocenters. The number of methoxy groups -OCH3 is 1. The molecule has 9 heteroatoms. The van der Waals surface area contributed by atoms with E-state index >= 15 is 0 Å². The molecule has 152 valence electrons. The van der Waals surface area contributed by atoms with Gasteiger partial charge in [0.05, 0.1) is 19.2 Å². The van der Waals surface area contributed by atoms with Gasteiger partial charge in [0.15, 0.2) is 5.78 Å². The summed E-state index contributed by atoms with van der Waals surface area (Å²) in [6.07, 6.45) is 0.0639. The highest BCUT2D eigenvalue weighted by Crippen LogP contribution is 2.37. The normalized spacial score (nSPS) is 12.7. The van der Waals surface area contributed by atoms with E-state index in [9.17, 15) is 19.2 Å². The van der Waals surface area contributed by atoms with Gasteiger partial charge in [-0.2, -0.15) is 0 Å². The Hall–Kier alpha value is -3.20. The van der Waals surface area contributed by atoms with Gasteiger partial charge in [0, 0.05) is 29.6 Å². The lowest BCUT2D eigenvalue weighted by molar-refractivity contribution is 0.0961. The van der Waals surface area contributed by atoms with Crippen LogP contribution in [0, 0.1) is 0 Å². The molecule has 1 aliphatic heterocycles. The fraction of sp³-hybridized carbons (Fsp3) is 0.300. The molecule has 0 spiro atoms. The van der Waals surface area contributed by atoms with Gasteiger partial charge in [-0.1, -0.05) is 12.1 Å². The molecule has 0 aliphatic carbocycles. The molecule has 3 rings (SSSR count). The van der Waals surface area contributed by atoms with Gasteiger partial charge in [0.25, 0.3) is 11.8 Å². The van der Waals surface area contributed by atoms with E-state index in [1.54, 1.807) is 29.2 Å². The van der Waals surface area contributed by atoms with Crippen molar-refractivity contribution in [2.45, 2.75) is 19.9 Å². The topological polar surface area (TPSA) is 105 Å². The number of hydrogen-bond donors (Lipinski definition) is 2. The summed E-state index contributed by atoms with van der Waals surface area (Å²) in [4.78, 5) is 50.8. The van der Waals surface area contributed by atoms with Crippen LogP contribution >= 0.6 is 11.3 Å². The molecule has 2 aromatic rings. The van der Waals surface area contributed by atoms with Crippen molar-refractivity contribution in [3.8, 4) is 0 Å². The minimum Gasteiger partial charge on any atom is -0.453 e. The van der Waals surface area contributed by atoms with E-state index in [1.807, 2.05) is 0 Å². The van der Waals surface area contributed by atoms with Crippen LogP contribution in [0.15, 0.2) is 24.3 Å². The molecule has 0 atom stereocenters. The third-order valence-corrected chi connectivity index (χ3v) is 5.86. The standard InChI is InChI=1S/C20H21N3O5S/c1-11(24)12-4-6-13(7-5-12)17(25)22-19-16(18(26)21-2)14-8-9-23(20(27)28-3)10-15(14)29-19/h4-7H,8-10H2,1-3H3,(H,21,26)(H,22,25). The van der Waals surface area contributed by atoms with E-state index < -0.39 is 6.09 Å². The van der Waals surface area contributed by atoms with Gasteiger partial charge in [-0.3, -0.25) is 14.4 Å². The Morgan fingerprint density at radius 3 is 2.31 bits per heavy atom. The van der Waals surface area contributed by atoms with Crippen LogP contribution in [-0.2, 0) is 17.7 Å². The summed E-state index contributed by atoms with van der Waals surface area (Å²) >= 11 is 1.27. The summed E-state index contributed by atoms with van der Waals surface area (Å²) in [7, 11) is 2.85. The van der Waals surface area contributed by atoms with E-state index in [-0.39, 0.29) is 17.6 Å². The third-order valence-electron chi connectivity index (χ3n) is 4.72. The van der Waals surface area contributed by atoms with E-state index in [0.717, 1.165) is 10.4 Å². The molecule has 1 aromatic heterocycles. The van der Waals surface area contributed by atoms with Gasteiger partial charge in [-0.25, -0.2) is 4.79 Å². The second kappa shape index (κ2) is 8.44. The molecular weight excluding hydrogens is 394 g/mol. The minimum atomic E-state index is -0.429. The molecule has 0 fully saturated rings. The first-order valence-electron chi connectivity index (χ1n) is 8.97. The number of ether oxygens (including phenoxy) is 1. The van der Waals surface area contributed by atoms with Crippen LogP contribution in [0.2, 0.25) is 0 Å². The number of anilines is 1. The van der Waals surface area contributed by atoms with Crippen molar-refractivity contribution >= 4 is 40.0 Å². The van der Waals surface area contributed by atoms with Crippen molar-refractivity contribution in [3.05, 3.63) is 51.4 Å². The number of nitrogens with zero attached hydrogens (tertiary/aromatic N) is 1. The molecule has 3 amide bonds. The highest BCUT2D eigenvalue weighted by Gasteiger charge is 2.30. The first-order chi connectivity index (χ1) is 13.8. The van der Waals surface area contributed by atoms with E-state index in [4.69, 9.17) is 4.74 Å². The molecule has 0 radical (unpaired) electrons. The fourth-order valence-electron chi connectivity index (χ4n) is 3.17. The number of rotatable bonds is 4. The Morgan fingerprint density at radius 1 is 1.07 bits per heavy atom. The molecule has 1 aliphatic rings. The maximum atomic E-state index is 12.7. The van der Waals surface area contributed by atoms with Crippen molar-refractivity contribution in [2.24, 2.45) is 0 Å². The Kier molecular flexibility index (Phi) is 5.97. The number of ketones is 1. The van der Waals surface area contributed by atoms with E-state index in [1.165, 1.54) is 32.4 Å². The number of amides is 3. The molecule has 2 N–H and O–H groups in total. The number of nitrogens with one attached hydrogen (secondary N) is 2. The Labute approximate surface area is 171 Å². The van der Waals surface area contributed by atoms with E-state index in [0.29, 0.717) is 41.2 Å². The molecule has 2 heterocycles. The Balaban J connectivity index is 1.89. The molecule has 1 aromatic carbocycles. The summed E-state index contributed by atoms with van der Waals surface area (Å²) in [5.74, 6) is -0.759. The van der Waals surface area contributed by atoms with E-state index in [2.05, 4.69) is 10.6 Å². The van der Waals surface area contributed by atoms with Crippen LogP contribution in [0.5, 0.6) is 0 Å². The summed E-state index contributed by atoms with van der Waals surface area (Å²) in [5, 5.41) is 5.85. The van der Waals surface area contributed by atoms with Crippen molar-refractivity contribution in [1.29, 1.82) is 0 Å². The second-order valence-electron chi connectivity index (χ2n) is 6.52. The highest BCUT2D eigenvalue weighted by atomic mass is 32.1. The molecule has 8 nitrogen and oxygen atoms in total. The zero-order chi connectivity index (χ0) is 21.1. The van der Waals surface area contributed by atoms with Gasteiger partial charge in [0.2, 0.25) is 0 Å². The fourth-order valence-corrected chi connectivity index (χ4v) is 4.43. The predicted molar refractivity (Wildman–Crippen MR) is 109 cm³/mol. The number of hydrogen-bond acceptors (Lipinski definition) is 6. The zero-order valence-corrected chi connectivity index (χ0v) is 17.1. The SMILES string of the molecule is CNC(=O)c1c(NC(=O)c2ccc(C(C)=O)cc2)sc2c1CCN(C(=O)OC)C2. The van der Waals surface area contributed by atoms with Gasteiger partial charge in [-0.15, -0.1) is 11.3 Å². The summed E-state index contributed by atoms with van der Waals surface area (Å²) in [6, 6.07) is 6.31.